The van der Waals surface area contributed by atoms with Crippen LogP contribution in [0.4, 0.5) is 8.78 Å². The van der Waals surface area contributed by atoms with Crippen LogP contribution in [0.2, 0.25) is 0 Å². The number of hydrogen-bond donors (Lipinski definition) is 0. The Morgan fingerprint density at radius 3 is 2.84 bits per heavy atom. The second-order valence-electron chi connectivity index (χ2n) is 6.14. The van der Waals surface area contributed by atoms with Crippen molar-refractivity contribution >= 4 is 5.91 Å². The van der Waals surface area contributed by atoms with Gasteiger partial charge in [0, 0.05) is 31.7 Å². The number of benzene rings is 1. The van der Waals surface area contributed by atoms with E-state index in [1.54, 1.807) is 11.8 Å². The Bertz CT molecular complexity index is 750. The zero-order valence-electron chi connectivity index (χ0n) is 14.0. The predicted molar refractivity (Wildman–Crippen MR) is 85.6 cm³/mol. The number of aromatic nitrogens is 2. The number of amides is 1. The molecule has 3 rings (SSSR count). The van der Waals surface area contributed by atoms with Gasteiger partial charge in [0.2, 0.25) is 11.8 Å². The summed E-state index contributed by atoms with van der Waals surface area (Å²) in [6.45, 7) is 4.90. The van der Waals surface area contributed by atoms with Gasteiger partial charge in [-0.2, -0.15) is 4.98 Å². The van der Waals surface area contributed by atoms with Gasteiger partial charge in [-0.05, 0) is 19.4 Å². The molecule has 2 heterocycles. The minimum Gasteiger partial charge on any atom is -0.341 e. The first-order chi connectivity index (χ1) is 12.0. The summed E-state index contributed by atoms with van der Waals surface area (Å²) in [7, 11) is 0. The molecule has 0 radical (unpaired) electrons. The van der Waals surface area contributed by atoms with E-state index in [4.69, 9.17) is 4.52 Å². The van der Waals surface area contributed by atoms with Crippen molar-refractivity contribution in [2.24, 2.45) is 0 Å². The Kier molecular flexibility index (Phi) is 5.37. The first-order valence-electron chi connectivity index (χ1n) is 8.25. The highest BCUT2D eigenvalue weighted by Gasteiger charge is 2.22. The third-order valence-corrected chi connectivity index (χ3v) is 4.24. The number of nitrogens with zero attached hydrogens (tertiary/aromatic N) is 4. The van der Waals surface area contributed by atoms with Crippen LogP contribution in [0.3, 0.4) is 0 Å². The Labute approximate surface area is 144 Å². The molecule has 134 valence electrons. The highest BCUT2D eigenvalue weighted by atomic mass is 19.2. The lowest BCUT2D eigenvalue weighted by molar-refractivity contribution is -0.130. The highest BCUT2D eigenvalue weighted by molar-refractivity contribution is 5.78. The lowest BCUT2D eigenvalue weighted by atomic mass is 10.1. The standard InChI is InChI=1S/C17H20F2N4O2/c1-12-20-15(25-21-12)11-22-6-3-7-23(9-8-22)16(24)10-13-4-2-5-14(18)17(13)19/h2,4-5H,3,6-11H2,1H3. The van der Waals surface area contributed by atoms with Crippen molar-refractivity contribution in [3.63, 3.8) is 0 Å². The largest absolute Gasteiger partial charge is 0.341 e. The van der Waals surface area contributed by atoms with E-state index in [0.717, 1.165) is 19.0 Å². The van der Waals surface area contributed by atoms with E-state index in [1.807, 2.05) is 0 Å². The second-order valence-corrected chi connectivity index (χ2v) is 6.14. The van der Waals surface area contributed by atoms with Gasteiger partial charge in [-0.25, -0.2) is 8.78 Å². The van der Waals surface area contributed by atoms with Gasteiger partial charge in [-0.15, -0.1) is 0 Å². The monoisotopic (exact) mass is 350 g/mol. The molecule has 0 N–H and O–H groups in total. The van der Waals surface area contributed by atoms with Gasteiger partial charge in [-0.1, -0.05) is 17.3 Å². The summed E-state index contributed by atoms with van der Waals surface area (Å²) >= 11 is 0. The SMILES string of the molecule is Cc1noc(CN2CCCN(C(=O)Cc3cccc(F)c3F)CC2)n1. The Balaban J connectivity index is 1.57. The topological polar surface area (TPSA) is 62.5 Å². The first-order valence-corrected chi connectivity index (χ1v) is 8.25. The van der Waals surface area contributed by atoms with Crippen LogP contribution >= 0.6 is 0 Å². The molecule has 0 saturated carbocycles. The molecule has 0 bridgehead atoms. The van der Waals surface area contributed by atoms with Crippen molar-refractivity contribution in [1.29, 1.82) is 0 Å². The van der Waals surface area contributed by atoms with Crippen molar-refractivity contribution in [3.05, 3.63) is 47.1 Å². The van der Waals surface area contributed by atoms with Gasteiger partial charge in [0.1, 0.15) is 0 Å². The number of carbonyl (C=O) groups is 1. The fraction of sp³-hybridized carbons (Fsp3) is 0.471. The van der Waals surface area contributed by atoms with Crippen LogP contribution < -0.4 is 0 Å². The molecule has 1 aliphatic heterocycles. The van der Waals surface area contributed by atoms with E-state index in [2.05, 4.69) is 15.0 Å². The fourth-order valence-electron chi connectivity index (χ4n) is 2.93. The fourth-order valence-corrected chi connectivity index (χ4v) is 2.93. The van der Waals surface area contributed by atoms with Gasteiger partial charge >= 0.3 is 0 Å². The molecule has 1 aromatic carbocycles. The van der Waals surface area contributed by atoms with Crippen LogP contribution in [0, 0.1) is 18.6 Å². The molecule has 0 unspecified atom stereocenters. The van der Waals surface area contributed by atoms with Gasteiger partial charge in [0.15, 0.2) is 17.5 Å². The summed E-state index contributed by atoms with van der Waals surface area (Å²) in [5.74, 6) is -0.918. The average Bonchev–Trinajstić information content (AvgIpc) is 2.85. The summed E-state index contributed by atoms with van der Waals surface area (Å²) in [5.41, 5.74) is 0.0902. The van der Waals surface area contributed by atoms with Crippen LogP contribution in [-0.2, 0) is 17.8 Å². The Morgan fingerprint density at radius 2 is 2.08 bits per heavy atom. The van der Waals surface area contributed by atoms with Crippen molar-refractivity contribution < 1.29 is 18.1 Å². The van der Waals surface area contributed by atoms with Gasteiger partial charge in [-0.3, -0.25) is 9.69 Å². The highest BCUT2D eigenvalue weighted by Crippen LogP contribution is 2.14. The maximum absolute atomic E-state index is 13.7. The summed E-state index contributed by atoms with van der Waals surface area (Å²) in [6.07, 6.45) is 0.664. The van der Waals surface area contributed by atoms with Gasteiger partial charge in [0.05, 0.1) is 13.0 Å². The van der Waals surface area contributed by atoms with E-state index >= 15 is 0 Å². The van der Waals surface area contributed by atoms with E-state index in [0.29, 0.717) is 37.9 Å². The van der Waals surface area contributed by atoms with E-state index < -0.39 is 11.6 Å². The summed E-state index contributed by atoms with van der Waals surface area (Å²) in [6, 6.07) is 3.91. The third kappa shape index (κ3) is 4.39. The first kappa shape index (κ1) is 17.5. The van der Waals surface area contributed by atoms with Gasteiger partial charge < -0.3 is 9.42 Å². The molecule has 1 amide bonds. The number of rotatable bonds is 4. The third-order valence-electron chi connectivity index (χ3n) is 4.24. The Morgan fingerprint density at radius 1 is 1.24 bits per heavy atom. The molecule has 1 saturated heterocycles. The maximum Gasteiger partial charge on any atom is 0.240 e. The molecule has 1 aliphatic rings. The van der Waals surface area contributed by atoms with E-state index in [9.17, 15) is 13.6 Å². The molecule has 0 aliphatic carbocycles. The van der Waals surface area contributed by atoms with Crippen molar-refractivity contribution in [3.8, 4) is 0 Å². The van der Waals surface area contributed by atoms with Crippen molar-refractivity contribution in [2.75, 3.05) is 26.2 Å². The van der Waals surface area contributed by atoms with E-state index in [-0.39, 0.29) is 17.9 Å². The minimum atomic E-state index is -0.945. The summed E-state index contributed by atoms with van der Waals surface area (Å²) in [4.78, 5) is 20.5. The molecule has 2 aromatic rings. The number of halogens is 2. The lowest BCUT2D eigenvalue weighted by Crippen LogP contribution is -2.36. The maximum atomic E-state index is 13.7. The smallest absolute Gasteiger partial charge is 0.240 e. The van der Waals surface area contributed by atoms with Crippen LogP contribution in [0.15, 0.2) is 22.7 Å². The van der Waals surface area contributed by atoms with Crippen LogP contribution in [0.5, 0.6) is 0 Å². The van der Waals surface area contributed by atoms with Crippen molar-refractivity contribution in [2.45, 2.75) is 26.3 Å². The second kappa shape index (κ2) is 7.69. The summed E-state index contributed by atoms with van der Waals surface area (Å²) in [5, 5.41) is 3.77. The zero-order valence-corrected chi connectivity index (χ0v) is 14.0. The average molecular weight is 350 g/mol. The molecule has 1 fully saturated rings. The molecule has 0 spiro atoms. The minimum absolute atomic E-state index is 0.0902. The van der Waals surface area contributed by atoms with Crippen LogP contribution in [0.1, 0.15) is 23.7 Å². The number of aryl methyl sites for hydroxylation is 1. The molecular weight excluding hydrogens is 330 g/mol. The number of carbonyl (C=O) groups excluding carboxylic acids is 1. The summed E-state index contributed by atoms with van der Waals surface area (Å²) < 4.78 is 32.1. The van der Waals surface area contributed by atoms with Crippen molar-refractivity contribution in [1.82, 2.24) is 19.9 Å². The van der Waals surface area contributed by atoms with Gasteiger partial charge in [0.25, 0.3) is 0 Å². The molecular formula is C17H20F2N4O2. The predicted octanol–water partition coefficient (Wildman–Crippen LogP) is 1.93. The quantitative estimate of drug-likeness (QED) is 0.843. The molecule has 1 aromatic heterocycles. The zero-order chi connectivity index (χ0) is 17.8. The molecule has 6 nitrogen and oxygen atoms in total. The van der Waals surface area contributed by atoms with Crippen LogP contribution in [0.25, 0.3) is 0 Å². The molecule has 25 heavy (non-hydrogen) atoms. The van der Waals surface area contributed by atoms with E-state index in [1.165, 1.54) is 12.1 Å². The molecule has 0 atom stereocenters. The molecule has 8 heteroatoms. The normalized spacial score (nSPS) is 16.0. The Hall–Kier alpha value is -2.35. The van der Waals surface area contributed by atoms with Crippen LogP contribution in [-0.4, -0.2) is 52.0 Å². The lowest BCUT2D eigenvalue weighted by Gasteiger charge is -2.21. The number of hydrogen-bond acceptors (Lipinski definition) is 5.